The third-order valence-corrected chi connectivity index (χ3v) is 3.81. The molecule has 1 saturated heterocycles. The van der Waals surface area contributed by atoms with Crippen LogP contribution in [0.15, 0.2) is 23.0 Å². The van der Waals surface area contributed by atoms with Gasteiger partial charge < -0.3 is 10.4 Å². The molecule has 100 valence electrons. The molecule has 0 spiro atoms. The summed E-state index contributed by atoms with van der Waals surface area (Å²) in [7, 11) is 0. The van der Waals surface area contributed by atoms with Crippen LogP contribution in [0, 0.1) is 5.92 Å². The molecule has 1 unspecified atom stereocenters. The lowest BCUT2D eigenvalue weighted by Crippen LogP contribution is -2.26. The Morgan fingerprint density at radius 1 is 1.53 bits per heavy atom. The van der Waals surface area contributed by atoms with Crippen molar-refractivity contribution >= 4 is 22.5 Å². The Morgan fingerprint density at radius 2 is 2.37 bits per heavy atom. The maximum absolute atomic E-state index is 12.4. The summed E-state index contributed by atoms with van der Waals surface area (Å²) in [5.41, 5.74) is 0.0658. The average molecular weight is 280 g/mol. The third kappa shape index (κ3) is 2.19. The highest BCUT2D eigenvalue weighted by molar-refractivity contribution is 6.28. The minimum Gasteiger partial charge on any atom is -0.506 e. The molecule has 0 bridgehead atoms. The van der Waals surface area contributed by atoms with Crippen molar-refractivity contribution in [1.82, 2.24) is 14.9 Å². The predicted molar refractivity (Wildman–Crippen MR) is 73.7 cm³/mol. The molecule has 6 heteroatoms. The molecule has 2 N–H and O–H groups in total. The molecule has 19 heavy (non-hydrogen) atoms. The fraction of sp³-hybridized carbons (Fsp3) is 0.385. The minimum absolute atomic E-state index is 0.0221. The van der Waals surface area contributed by atoms with Gasteiger partial charge in [-0.2, -0.15) is 0 Å². The van der Waals surface area contributed by atoms with Gasteiger partial charge in [-0.25, -0.2) is 4.98 Å². The number of para-hydroxylation sites is 1. The molecule has 0 amide bonds. The maximum Gasteiger partial charge on any atom is 0.262 e. The number of nitrogens with zero attached hydrogens (tertiary/aromatic N) is 2. The molecule has 1 atom stereocenters. The third-order valence-electron chi connectivity index (χ3n) is 3.52. The van der Waals surface area contributed by atoms with Crippen molar-refractivity contribution < 1.29 is 5.11 Å². The number of hydrogen-bond acceptors (Lipinski definition) is 4. The second kappa shape index (κ2) is 4.83. The zero-order valence-corrected chi connectivity index (χ0v) is 11.0. The van der Waals surface area contributed by atoms with Gasteiger partial charge in [-0.1, -0.05) is 6.07 Å². The number of halogens is 1. The fourth-order valence-corrected chi connectivity index (χ4v) is 2.72. The van der Waals surface area contributed by atoms with Crippen LogP contribution in [0.3, 0.4) is 0 Å². The molecule has 0 radical (unpaired) electrons. The maximum atomic E-state index is 12.4. The highest BCUT2D eigenvalue weighted by Crippen LogP contribution is 2.22. The van der Waals surface area contributed by atoms with Crippen molar-refractivity contribution in [2.75, 3.05) is 13.1 Å². The summed E-state index contributed by atoms with van der Waals surface area (Å²) in [5.74, 6) is 0.373. The van der Waals surface area contributed by atoms with Gasteiger partial charge in [0.15, 0.2) is 0 Å². The first-order valence-corrected chi connectivity index (χ1v) is 6.63. The van der Waals surface area contributed by atoms with Crippen molar-refractivity contribution in [3.63, 3.8) is 0 Å². The second-order valence-electron chi connectivity index (χ2n) is 4.83. The molecule has 1 aromatic carbocycles. The Bertz CT molecular complexity index is 677. The SMILES string of the molecule is O=c1c2cccc(O)c2nc(Cl)n1CC1CCNC1. The van der Waals surface area contributed by atoms with E-state index in [0.29, 0.717) is 17.8 Å². The Balaban J connectivity index is 2.12. The predicted octanol–water partition coefficient (Wildman–Crippen LogP) is 1.36. The number of nitrogens with one attached hydrogen (secondary N) is 1. The van der Waals surface area contributed by atoms with Gasteiger partial charge in [-0.15, -0.1) is 0 Å². The van der Waals surface area contributed by atoms with Crippen LogP contribution < -0.4 is 10.9 Å². The van der Waals surface area contributed by atoms with Crippen molar-refractivity contribution in [2.24, 2.45) is 5.92 Å². The zero-order valence-electron chi connectivity index (χ0n) is 10.3. The lowest BCUT2D eigenvalue weighted by Gasteiger charge is -2.13. The van der Waals surface area contributed by atoms with Gasteiger partial charge in [0.05, 0.1) is 5.39 Å². The Labute approximate surface area is 114 Å². The number of hydrogen-bond donors (Lipinski definition) is 2. The van der Waals surface area contributed by atoms with E-state index in [2.05, 4.69) is 10.3 Å². The van der Waals surface area contributed by atoms with Gasteiger partial charge >= 0.3 is 0 Å². The monoisotopic (exact) mass is 279 g/mol. The van der Waals surface area contributed by atoms with Gasteiger partial charge in [-0.05, 0) is 49.2 Å². The van der Waals surface area contributed by atoms with Crippen LogP contribution in [-0.2, 0) is 6.54 Å². The molecule has 1 aromatic heterocycles. The summed E-state index contributed by atoms with van der Waals surface area (Å²) in [6, 6.07) is 4.79. The molecule has 1 fully saturated rings. The van der Waals surface area contributed by atoms with E-state index in [-0.39, 0.29) is 22.1 Å². The summed E-state index contributed by atoms with van der Waals surface area (Å²) >= 11 is 6.08. The lowest BCUT2D eigenvalue weighted by molar-refractivity contribution is 0.467. The first-order chi connectivity index (χ1) is 9.16. The van der Waals surface area contributed by atoms with Crippen LogP contribution in [0.1, 0.15) is 6.42 Å². The quantitative estimate of drug-likeness (QED) is 0.815. The highest BCUT2D eigenvalue weighted by atomic mass is 35.5. The molecule has 2 heterocycles. The first-order valence-electron chi connectivity index (χ1n) is 6.25. The smallest absolute Gasteiger partial charge is 0.262 e. The van der Waals surface area contributed by atoms with Gasteiger partial charge in [-0.3, -0.25) is 9.36 Å². The standard InChI is InChI=1S/C13H14ClN3O2/c14-13-16-11-9(2-1-3-10(11)18)12(19)17(13)7-8-4-5-15-6-8/h1-3,8,15,18H,4-7H2. The fourth-order valence-electron chi connectivity index (χ4n) is 2.49. The molecule has 5 nitrogen and oxygen atoms in total. The number of fused-ring (bicyclic) bond motifs is 1. The van der Waals surface area contributed by atoms with Crippen molar-refractivity contribution in [1.29, 1.82) is 0 Å². The van der Waals surface area contributed by atoms with E-state index < -0.39 is 0 Å². The molecule has 0 saturated carbocycles. The Kier molecular flexibility index (Phi) is 3.16. The highest BCUT2D eigenvalue weighted by Gasteiger charge is 2.19. The Hall–Kier alpha value is -1.59. The van der Waals surface area contributed by atoms with E-state index >= 15 is 0 Å². The van der Waals surface area contributed by atoms with Crippen LogP contribution in [0.2, 0.25) is 5.28 Å². The van der Waals surface area contributed by atoms with Crippen LogP contribution in [0.4, 0.5) is 0 Å². The van der Waals surface area contributed by atoms with E-state index in [4.69, 9.17) is 11.6 Å². The summed E-state index contributed by atoms with van der Waals surface area (Å²) in [5, 5.41) is 13.5. The van der Waals surface area contributed by atoms with E-state index in [1.165, 1.54) is 10.6 Å². The second-order valence-corrected chi connectivity index (χ2v) is 5.17. The minimum atomic E-state index is -0.196. The zero-order chi connectivity index (χ0) is 13.4. The van der Waals surface area contributed by atoms with Crippen molar-refractivity contribution in [3.8, 4) is 5.75 Å². The van der Waals surface area contributed by atoms with Gasteiger partial charge in [0.25, 0.3) is 5.56 Å². The number of rotatable bonds is 2. The molecular formula is C13H14ClN3O2. The van der Waals surface area contributed by atoms with Crippen molar-refractivity contribution in [3.05, 3.63) is 33.8 Å². The van der Waals surface area contributed by atoms with E-state index in [9.17, 15) is 9.90 Å². The van der Waals surface area contributed by atoms with Gasteiger partial charge in [0.1, 0.15) is 11.3 Å². The Morgan fingerprint density at radius 3 is 3.11 bits per heavy atom. The first kappa shape index (κ1) is 12.4. The molecule has 1 aliphatic heterocycles. The van der Waals surface area contributed by atoms with Crippen LogP contribution in [0.5, 0.6) is 5.75 Å². The van der Waals surface area contributed by atoms with Crippen molar-refractivity contribution in [2.45, 2.75) is 13.0 Å². The van der Waals surface area contributed by atoms with Crippen LogP contribution in [-0.4, -0.2) is 27.7 Å². The van der Waals surface area contributed by atoms with Gasteiger partial charge in [0.2, 0.25) is 5.28 Å². The largest absolute Gasteiger partial charge is 0.506 e. The van der Waals surface area contributed by atoms with E-state index in [1.807, 2.05) is 0 Å². The molecular weight excluding hydrogens is 266 g/mol. The summed E-state index contributed by atoms with van der Waals surface area (Å²) in [6.45, 7) is 2.42. The molecule has 3 rings (SSSR count). The average Bonchev–Trinajstić information content (AvgIpc) is 2.89. The normalized spacial score (nSPS) is 19.1. The molecule has 1 aliphatic rings. The topological polar surface area (TPSA) is 67.1 Å². The van der Waals surface area contributed by atoms with Gasteiger partial charge in [0, 0.05) is 6.54 Å². The van der Waals surface area contributed by atoms with Crippen LogP contribution in [0.25, 0.3) is 10.9 Å². The number of phenolic OH excluding ortho intramolecular Hbond substituents is 1. The number of benzene rings is 1. The summed E-state index contributed by atoms with van der Waals surface area (Å²) in [6.07, 6.45) is 1.03. The summed E-state index contributed by atoms with van der Waals surface area (Å²) < 4.78 is 1.49. The number of phenols is 1. The molecule has 2 aromatic rings. The number of aromatic nitrogens is 2. The molecule has 0 aliphatic carbocycles. The summed E-state index contributed by atoms with van der Waals surface area (Å²) in [4.78, 5) is 16.5. The van der Waals surface area contributed by atoms with E-state index in [1.54, 1.807) is 12.1 Å². The number of aromatic hydroxyl groups is 1. The lowest BCUT2D eigenvalue weighted by atomic mass is 10.1. The van der Waals surface area contributed by atoms with Crippen LogP contribution >= 0.6 is 11.6 Å². The van der Waals surface area contributed by atoms with E-state index in [0.717, 1.165) is 19.5 Å².